The summed E-state index contributed by atoms with van der Waals surface area (Å²) in [6.07, 6.45) is 6.77. The van der Waals surface area contributed by atoms with E-state index in [0.29, 0.717) is 5.92 Å². The summed E-state index contributed by atoms with van der Waals surface area (Å²) in [5.74, 6) is 0.697. The molecule has 0 atom stereocenters. The quantitative estimate of drug-likeness (QED) is 0.580. The maximum atomic E-state index is 2.33. The van der Waals surface area contributed by atoms with Gasteiger partial charge < -0.3 is 0 Å². The molecule has 0 aliphatic rings. The zero-order chi connectivity index (χ0) is 10.4. The molecule has 0 nitrogen and oxygen atoms in total. The molecule has 0 radical (unpaired) electrons. The number of rotatable bonds is 6. The third kappa shape index (κ3) is 3.45. The van der Waals surface area contributed by atoms with Gasteiger partial charge in [0.15, 0.2) is 0 Å². The fraction of sp³-hybridized carbons (Fsp3) is 0.692. The Hall–Kier alpha value is -0.300. The Bertz CT molecular complexity index is 247. The van der Waals surface area contributed by atoms with Crippen molar-refractivity contribution in [3.63, 3.8) is 0 Å². The summed E-state index contributed by atoms with van der Waals surface area (Å²) in [6, 6.07) is 0. The second-order valence-electron chi connectivity index (χ2n) is 4.32. The summed E-state index contributed by atoms with van der Waals surface area (Å²) in [5, 5.41) is 4.65. The van der Waals surface area contributed by atoms with Gasteiger partial charge in [0.05, 0.1) is 0 Å². The average molecular weight is 210 g/mol. The molecule has 0 N–H and O–H groups in total. The molecule has 0 fully saturated rings. The maximum Gasteiger partial charge on any atom is -0.00558 e. The highest BCUT2D eigenvalue weighted by molar-refractivity contribution is 7.08. The third-order valence-corrected chi connectivity index (χ3v) is 3.51. The van der Waals surface area contributed by atoms with Gasteiger partial charge in [-0.05, 0) is 40.6 Å². The largest absolute Gasteiger partial charge is 0.152 e. The normalized spacial score (nSPS) is 11.1. The predicted octanol–water partition coefficient (Wildman–Crippen LogP) is 4.99. The number of unbranched alkanes of at least 4 members (excludes halogenated alkanes) is 3. The minimum atomic E-state index is 0.697. The molecule has 1 aromatic heterocycles. The molecule has 1 rings (SSSR count). The standard InChI is InChI=1S/C13H22S/c1-4-5-6-7-8-12-9-14-10-13(12)11(2)3/h9-11H,4-8H2,1-3H3. The van der Waals surface area contributed by atoms with Crippen molar-refractivity contribution in [2.24, 2.45) is 0 Å². The van der Waals surface area contributed by atoms with Crippen molar-refractivity contribution in [3.05, 3.63) is 21.9 Å². The van der Waals surface area contributed by atoms with Crippen LogP contribution in [0, 0.1) is 0 Å². The second-order valence-corrected chi connectivity index (χ2v) is 5.06. The van der Waals surface area contributed by atoms with E-state index in [9.17, 15) is 0 Å². The van der Waals surface area contributed by atoms with Gasteiger partial charge in [-0.1, -0.05) is 40.0 Å². The fourth-order valence-corrected chi connectivity index (χ4v) is 2.84. The van der Waals surface area contributed by atoms with Crippen molar-refractivity contribution >= 4 is 11.3 Å². The predicted molar refractivity (Wildman–Crippen MR) is 66.3 cm³/mol. The van der Waals surface area contributed by atoms with Crippen LogP contribution in [-0.4, -0.2) is 0 Å². The Labute approximate surface area is 92.4 Å². The van der Waals surface area contributed by atoms with Crippen LogP contribution in [-0.2, 0) is 6.42 Å². The highest BCUT2D eigenvalue weighted by Crippen LogP contribution is 2.25. The molecule has 14 heavy (non-hydrogen) atoms. The molecule has 0 unspecified atom stereocenters. The number of aryl methyl sites for hydroxylation is 1. The lowest BCUT2D eigenvalue weighted by Crippen LogP contribution is -1.92. The molecule has 0 aliphatic heterocycles. The summed E-state index contributed by atoms with van der Waals surface area (Å²) in [6.45, 7) is 6.85. The van der Waals surface area contributed by atoms with Crippen molar-refractivity contribution in [1.82, 2.24) is 0 Å². The van der Waals surface area contributed by atoms with Gasteiger partial charge in [0, 0.05) is 0 Å². The smallest absolute Gasteiger partial charge is 0.00558 e. The van der Waals surface area contributed by atoms with Crippen LogP contribution in [0.2, 0.25) is 0 Å². The summed E-state index contributed by atoms with van der Waals surface area (Å²) in [4.78, 5) is 0. The van der Waals surface area contributed by atoms with E-state index in [1.54, 1.807) is 11.1 Å². The second kappa shape index (κ2) is 6.23. The molecular formula is C13H22S. The van der Waals surface area contributed by atoms with E-state index >= 15 is 0 Å². The molecule has 0 bridgehead atoms. The van der Waals surface area contributed by atoms with Crippen LogP contribution in [0.4, 0.5) is 0 Å². The first kappa shape index (κ1) is 11.8. The fourth-order valence-electron chi connectivity index (χ4n) is 1.79. The van der Waals surface area contributed by atoms with Crippen molar-refractivity contribution in [1.29, 1.82) is 0 Å². The third-order valence-electron chi connectivity index (χ3n) is 2.70. The van der Waals surface area contributed by atoms with Gasteiger partial charge in [-0.15, -0.1) is 0 Å². The topological polar surface area (TPSA) is 0 Å². The molecule has 0 aromatic carbocycles. The average Bonchev–Trinajstić information content (AvgIpc) is 2.60. The molecule has 0 spiro atoms. The molecular weight excluding hydrogens is 188 g/mol. The minimum absolute atomic E-state index is 0.697. The lowest BCUT2D eigenvalue weighted by Gasteiger charge is -2.06. The first-order valence-electron chi connectivity index (χ1n) is 5.80. The van der Waals surface area contributed by atoms with Crippen LogP contribution >= 0.6 is 11.3 Å². The van der Waals surface area contributed by atoms with E-state index in [0.717, 1.165) is 0 Å². The summed E-state index contributed by atoms with van der Waals surface area (Å²) in [7, 11) is 0. The summed E-state index contributed by atoms with van der Waals surface area (Å²) >= 11 is 1.86. The van der Waals surface area contributed by atoms with Gasteiger partial charge >= 0.3 is 0 Å². The summed E-state index contributed by atoms with van der Waals surface area (Å²) < 4.78 is 0. The van der Waals surface area contributed by atoms with E-state index in [1.807, 2.05) is 11.3 Å². The Balaban J connectivity index is 2.38. The molecule has 0 saturated heterocycles. The Morgan fingerprint density at radius 1 is 1.14 bits per heavy atom. The number of hydrogen-bond acceptors (Lipinski definition) is 1. The highest BCUT2D eigenvalue weighted by Gasteiger charge is 2.06. The van der Waals surface area contributed by atoms with Crippen LogP contribution < -0.4 is 0 Å². The van der Waals surface area contributed by atoms with Crippen molar-refractivity contribution in [2.75, 3.05) is 0 Å². The maximum absolute atomic E-state index is 2.33. The Morgan fingerprint density at radius 2 is 1.93 bits per heavy atom. The van der Waals surface area contributed by atoms with Crippen LogP contribution in [0.5, 0.6) is 0 Å². The SMILES string of the molecule is CCCCCCc1cscc1C(C)C. The lowest BCUT2D eigenvalue weighted by atomic mass is 9.98. The molecule has 0 saturated carbocycles. The molecule has 0 amide bonds. The van der Waals surface area contributed by atoms with Gasteiger partial charge in [0.25, 0.3) is 0 Å². The van der Waals surface area contributed by atoms with Crippen LogP contribution in [0.15, 0.2) is 10.8 Å². The highest BCUT2D eigenvalue weighted by atomic mass is 32.1. The molecule has 0 aliphatic carbocycles. The Kier molecular flexibility index (Phi) is 5.24. The van der Waals surface area contributed by atoms with Gasteiger partial charge in [-0.25, -0.2) is 0 Å². The van der Waals surface area contributed by atoms with Crippen molar-refractivity contribution < 1.29 is 0 Å². The van der Waals surface area contributed by atoms with Crippen molar-refractivity contribution in [2.45, 2.75) is 58.8 Å². The van der Waals surface area contributed by atoms with E-state index < -0.39 is 0 Å². The first-order chi connectivity index (χ1) is 6.75. The lowest BCUT2D eigenvalue weighted by molar-refractivity contribution is 0.663. The van der Waals surface area contributed by atoms with Gasteiger partial charge in [-0.2, -0.15) is 11.3 Å². The Morgan fingerprint density at radius 3 is 2.57 bits per heavy atom. The number of thiophene rings is 1. The molecule has 1 heterocycles. The van der Waals surface area contributed by atoms with E-state index in [4.69, 9.17) is 0 Å². The zero-order valence-electron chi connectivity index (χ0n) is 9.68. The number of hydrogen-bond donors (Lipinski definition) is 0. The van der Waals surface area contributed by atoms with E-state index in [1.165, 1.54) is 32.1 Å². The zero-order valence-corrected chi connectivity index (χ0v) is 10.5. The van der Waals surface area contributed by atoms with Crippen LogP contribution in [0.25, 0.3) is 0 Å². The molecule has 80 valence electrons. The van der Waals surface area contributed by atoms with Gasteiger partial charge in [0.2, 0.25) is 0 Å². The molecule has 1 heteroatoms. The van der Waals surface area contributed by atoms with E-state index in [2.05, 4.69) is 31.5 Å². The first-order valence-corrected chi connectivity index (χ1v) is 6.75. The summed E-state index contributed by atoms with van der Waals surface area (Å²) in [5.41, 5.74) is 3.17. The van der Waals surface area contributed by atoms with Crippen molar-refractivity contribution in [3.8, 4) is 0 Å². The van der Waals surface area contributed by atoms with E-state index in [-0.39, 0.29) is 0 Å². The molecule has 1 aromatic rings. The van der Waals surface area contributed by atoms with Gasteiger partial charge in [-0.3, -0.25) is 0 Å². The van der Waals surface area contributed by atoms with Crippen LogP contribution in [0.1, 0.15) is 63.5 Å². The monoisotopic (exact) mass is 210 g/mol. The van der Waals surface area contributed by atoms with Crippen LogP contribution in [0.3, 0.4) is 0 Å². The van der Waals surface area contributed by atoms with Gasteiger partial charge in [0.1, 0.15) is 0 Å². The minimum Gasteiger partial charge on any atom is -0.152 e.